The summed E-state index contributed by atoms with van der Waals surface area (Å²) in [4.78, 5) is 0. The Hall–Kier alpha value is -0.300. The highest BCUT2D eigenvalue weighted by Crippen LogP contribution is 2.15. The maximum atomic E-state index is 2.35. The van der Waals surface area contributed by atoms with Gasteiger partial charge in [0.15, 0.2) is 0 Å². The van der Waals surface area contributed by atoms with E-state index in [1.54, 1.807) is 0 Å². The van der Waals surface area contributed by atoms with Crippen LogP contribution in [0.2, 0.25) is 0 Å². The second kappa shape index (κ2) is 3.20. The molecule has 1 heteroatoms. The minimum atomic E-state index is 1.23. The normalized spacial score (nSPS) is 24.2. The van der Waals surface area contributed by atoms with Gasteiger partial charge in [-0.25, -0.2) is 0 Å². The predicted molar refractivity (Wildman–Crippen MR) is 44.8 cm³/mol. The van der Waals surface area contributed by atoms with Gasteiger partial charge in [-0.3, -0.25) is 0 Å². The molecular weight excluding hydrogens is 122 g/mol. The standard InChI is InChI=1S/C9H18N/c1-3-4-7-10(2)8-5-6-9-10/h3-4H,5-9H2,1-2H3/q+1. The smallest absolute Gasteiger partial charge is 0.0971 e. The van der Waals surface area contributed by atoms with Crippen molar-refractivity contribution in [2.24, 2.45) is 0 Å². The Bertz CT molecular complexity index is 121. The molecule has 0 radical (unpaired) electrons. The Morgan fingerprint density at radius 2 is 1.90 bits per heavy atom. The lowest BCUT2D eigenvalue weighted by Crippen LogP contribution is -2.40. The highest BCUT2D eigenvalue weighted by molar-refractivity contribution is 4.77. The van der Waals surface area contributed by atoms with Crippen LogP contribution in [0.3, 0.4) is 0 Å². The second-order valence-corrected chi connectivity index (χ2v) is 3.53. The molecule has 1 fully saturated rings. The van der Waals surface area contributed by atoms with E-state index in [1.165, 1.54) is 37.0 Å². The number of nitrogens with zero attached hydrogens (tertiary/aromatic N) is 1. The lowest BCUT2D eigenvalue weighted by molar-refractivity contribution is -0.891. The van der Waals surface area contributed by atoms with Crippen LogP contribution in [0.15, 0.2) is 12.2 Å². The molecule has 0 spiro atoms. The lowest BCUT2D eigenvalue weighted by atomic mass is 10.4. The van der Waals surface area contributed by atoms with Gasteiger partial charge >= 0.3 is 0 Å². The molecule has 1 aliphatic heterocycles. The van der Waals surface area contributed by atoms with E-state index < -0.39 is 0 Å². The van der Waals surface area contributed by atoms with Crippen molar-refractivity contribution in [2.45, 2.75) is 19.8 Å². The van der Waals surface area contributed by atoms with Crippen molar-refractivity contribution in [3.8, 4) is 0 Å². The van der Waals surface area contributed by atoms with Crippen LogP contribution in [-0.2, 0) is 0 Å². The molecule has 0 unspecified atom stereocenters. The van der Waals surface area contributed by atoms with Crippen molar-refractivity contribution < 1.29 is 4.48 Å². The fourth-order valence-electron chi connectivity index (χ4n) is 1.64. The van der Waals surface area contributed by atoms with Crippen LogP contribution in [0.1, 0.15) is 19.8 Å². The highest BCUT2D eigenvalue weighted by Gasteiger charge is 2.24. The quantitative estimate of drug-likeness (QED) is 0.405. The average molecular weight is 140 g/mol. The van der Waals surface area contributed by atoms with Gasteiger partial charge in [-0.2, -0.15) is 0 Å². The van der Waals surface area contributed by atoms with E-state index in [0.29, 0.717) is 0 Å². The topological polar surface area (TPSA) is 0 Å². The fourth-order valence-corrected chi connectivity index (χ4v) is 1.64. The summed E-state index contributed by atoms with van der Waals surface area (Å²) in [6, 6.07) is 0. The van der Waals surface area contributed by atoms with Crippen LogP contribution in [0.25, 0.3) is 0 Å². The Balaban J connectivity index is 2.35. The van der Waals surface area contributed by atoms with Gasteiger partial charge < -0.3 is 4.48 Å². The monoisotopic (exact) mass is 140 g/mol. The summed E-state index contributed by atoms with van der Waals surface area (Å²) in [5.74, 6) is 0. The summed E-state index contributed by atoms with van der Waals surface area (Å²) < 4.78 is 1.27. The van der Waals surface area contributed by atoms with Crippen LogP contribution in [0, 0.1) is 0 Å². The van der Waals surface area contributed by atoms with Gasteiger partial charge in [0.1, 0.15) is 0 Å². The number of rotatable bonds is 2. The average Bonchev–Trinajstić information content (AvgIpc) is 2.33. The van der Waals surface area contributed by atoms with Crippen LogP contribution >= 0.6 is 0 Å². The number of likely N-dealkylation sites (tertiary alicyclic amines) is 1. The third-order valence-corrected chi connectivity index (χ3v) is 2.43. The van der Waals surface area contributed by atoms with E-state index in [1.807, 2.05) is 0 Å². The van der Waals surface area contributed by atoms with Crippen molar-refractivity contribution in [1.29, 1.82) is 0 Å². The van der Waals surface area contributed by atoms with Gasteiger partial charge in [0.2, 0.25) is 0 Å². The molecule has 10 heavy (non-hydrogen) atoms. The zero-order valence-electron chi connectivity index (χ0n) is 7.14. The molecule has 0 atom stereocenters. The first kappa shape index (κ1) is 7.80. The third kappa shape index (κ3) is 1.84. The highest BCUT2D eigenvalue weighted by atomic mass is 15.3. The second-order valence-electron chi connectivity index (χ2n) is 3.53. The van der Waals surface area contributed by atoms with E-state index in [2.05, 4.69) is 26.1 Å². The first-order chi connectivity index (χ1) is 4.77. The molecule has 58 valence electrons. The number of hydrogen-bond acceptors (Lipinski definition) is 0. The van der Waals surface area contributed by atoms with E-state index in [9.17, 15) is 0 Å². The van der Waals surface area contributed by atoms with Crippen LogP contribution in [-0.4, -0.2) is 31.2 Å². The van der Waals surface area contributed by atoms with Gasteiger partial charge in [-0.05, 0) is 13.0 Å². The molecule has 0 aromatic rings. The van der Waals surface area contributed by atoms with Crippen LogP contribution in [0.4, 0.5) is 0 Å². The number of allylic oxidation sites excluding steroid dienone is 1. The summed E-state index contributed by atoms with van der Waals surface area (Å²) >= 11 is 0. The number of hydrogen-bond donors (Lipinski definition) is 0. The largest absolute Gasteiger partial charge is 0.323 e. The summed E-state index contributed by atoms with van der Waals surface area (Å²) in [5.41, 5.74) is 0. The zero-order chi connectivity index (χ0) is 7.45. The molecule has 0 aliphatic carbocycles. The third-order valence-electron chi connectivity index (χ3n) is 2.43. The van der Waals surface area contributed by atoms with Crippen LogP contribution < -0.4 is 0 Å². The van der Waals surface area contributed by atoms with Gasteiger partial charge in [-0.15, -0.1) is 0 Å². The maximum absolute atomic E-state index is 2.35. The first-order valence-electron chi connectivity index (χ1n) is 4.21. The van der Waals surface area contributed by atoms with Gasteiger partial charge in [-0.1, -0.05) is 6.08 Å². The molecule has 1 rings (SSSR count). The molecule has 0 aromatic carbocycles. The summed E-state index contributed by atoms with van der Waals surface area (Å²) in [5, 5.41) is 0. The molecule has 1 nitrogen and oxygen atoms in total. The number of likely N-dealkylation sites (N-methyl/N-ethyl adjacent to an activating group) is 1. The van der Waals surface area contributed by atoms with Crippen molar-refractivity contribution in [1.82, 2.24) is 0 Å². The molecule has 0 aromatic heterocycles. The minimum Gasteiger partial charge on any atom is -0.323 e. The number of quaternary nitrogens is 1. The van der Waals surface area contributed by atoms with Gasteiger partial charge in [0.05, 0.1) is 26.7 Å². The molecule has 0 saturated carbocycles. The molecule has 0 amide bonds. The van der Waals surface area contributed by atoms with Crippen molar-refractivity contribution >= 4 is 0 Å². The Kier molecular flexibility index (Phi) is 2.50. The predicted octanol–water partition coefficient (Wildman–Crippen LogP) is 1.80. The maximum Gasteiger partial charge on any atom is 0.0971 e. The van der Waals surface area contributed by atoms with Crippen molar-refractivity contribution in [2.75, 3.05) is 26.7 Å². The molecule has 1 heterocycles. The minimum absolute atomic E-state index is 1.23. The van der Waals surface area contributed by atoms with Crippen LogP contribution in [0.5, 0.6) is 0 Å². The molecular formula is C9H18N+. The first-order valence-corrected chi connectivity index (χ1v) is 4.21. The summed E-state index contributed by atoms with van der Waals surface area (Å²) in [7, 11) is 2.35. The summed E-state index contributed by atoms with van der Waals surface area (Å²) in [6.45, 7) is 6.09. The van der Waals surface area contributed by atoms with E-state index >= 15 is 0 Å². The van der Waals surface area contributed by atoms with Crippen molar-refractivity contribution in [3.05, 3.63) is 12.2 Å². The molecule has 0 bridgehead atoms. The lowest BCUT2D eigenvalue weighted by Gasteiger charge is -2.27. The van der Waals surface area contributed by atoms with Crippen molar-refractivity contribution in [3.63, 3.8) is 0 Å². The molecule has 1 aliphatic rings. The SMILES string of the molecule is CC=CC[N+]1(C)CCCC1. The zero-order valence-corrected chi connectivity index (χ0v) is 7.14. The Morgan fingerprint density at radius 1 is 1.30 bits per heavy atom. The van der Waals surface area contributed by atoms with E-state index in [4.69, 9.17) is 0 Å². The summed E-state index contributed by atoms with van der Waals surface area (Å²) in [6.07, 6.45) is 7.29. The fraction of sp³-hybridized carbons (Fsp3) is 0.778. The Morgan fingerprint density at radius 3 is 2.40 bits per heavy atom. The van der Waals surface area contributed by atoms with E-state index in [-0.39, 0.29) is 0 Å². The van der Waals surface area contributed by atoms with Gasteiger partial charge in [0.25, 0.3) is 0 Å². The molecule has 1 saturated heterocycles. The Labute approximate surface area is 63.9 Å². The molecule has 0 N–H and O–H groups in total. The van der Waals surface area contributed by atoms with Gasteiger partial charge in [0, 0.05) is 12.8 Å². The van der Waals surface area contributed by atoms with E-state index in [0.717, 1.165) is 0 Å².